The molecule has 1 saturated heterocycles. The maximum Gasteiger partial charge on any atom is 0.255 e. The zero-order chi connectivity index (χ0) is 19.0. The molecular weight excluding hydrogens is 338 g/mol. The second kappa shape index (κ2) is 7.05. The molecule has 0 aliphatic carbocycles. The fourth-order valence-electron chi connectivity index (χ4n) is 4.05. The molecule has 4 rings (SSSR count). The zero-order valence-electron chi connectivity index (χ0n) is 15.8. The van der Waals surface area contributed by atoms with E-state index in [4.69, 9.17) is 9.47 Å². The Morgan fingerprint density at radius 1 is 0.926 bits per heavy atom. The van der Waals surface area contributed by atoms with Crippen LogP contribution in [0.15, 0.2) is 66.7 Å². The third-order valence-corrected chi connectivity index (χ3v) is 5.49. The van der Waals surface area contributed by atoms with E-state index in [0.29, 0.717) is 0 Å². The lowest BCUT2D eigenvalue weighted by molar-refractivity contribution is -0.176. The van der Waals surface area contributed by atoms with E-state index in [0.717, 1.165) is 16.9 Å². The molecule has 0 N–H and O–H groups in total. The standard InChI is InChI=1S/C23H23NO3/c1-15(19-10-6-8-16-7-4-5-9-20(16)19)24-21(22(27-3)23(24)25)17-11-13-18(26-2)14-12-17/h4-15,21-22H,1-3H3/t15-,21+,22-/m0/s1. The van der Waals surface area contributed by atoms with Gasteiger partial charge in [0.15, 0.2) is 6.10 Å². The quantitative estimate of drug-likeness (QED) is 0.628. The molecule has 1 aliphatic heterocycles. The highest BCUT2D eigenvalue weighted by Gasteiger charge is 2.50. The highest BCUT2D eigenvalue weighted by atomic mass is 16.5. The first-order valence-electron chi connectivity index (χ1n) is 9.12. The van der Waals surface area contributed by atoms with Crippen LogP contribution >= 0.6 is 0 Å². The lowest BCUT2D eigenvalue weighted by Gasteiger charge is -2.49. The van der Waals surface area contributed by atoms with Crippen molar-refractivity contribution >= 4 is 16.7 Å². The second-order valence-electron chi connectivity index (χ2n) is 6.86. The minimum absolute atomic E-state index is 0.0266. The zero-order valence-corrected chi connectivity index (χ0v) is 15.8. The smallest absolute Gasteiger partial charge is 0.255 e. The summed E-state index contributed by atoms with van der Waals surface area (Å²) in [4.78, 5) is 14.8. The topological polar surface area (TPSA) is 38.8 Å². The van der Waals surface area contributed by atoms with Crippen LogP contribution in [0.5, 0.6) is 5.75 Å². The Bertz CT molecular complexity index is 962. The number of fused-ring (bicyclic) bond motifs is 1. The number of ether oxygens (including phenoxy) is 2. The molecule has 0 unspecified atom stereocenters. The summed E-state index contributed by atoms with van der Waals surface area (Å²) in [5.41, 5.74) is 2.20. The Balaban J connectivity index is 1.72. The van der Waals surface area contributed by atoms with Crippen molar-refractivity contribution in [1.29, 1.82) is 0 Å². The van der Waals surface area contributed by atoms with Gasteiger partial charge < -0.3 is 14.4 Å². The number of nitrogens with zero attached hydrogens (tertiary/aromatic N) is 1. The number of rotatable bonds is 5. The van der Waals surface area contributed by atoms with Gasteiger partial charge in [0.1, 0.15) is 5.75 Å². The summed E-state index contributed by atoms with van der Waals surface area (Å²) in [6, 6.07) is 22.2. The van der Waals surface area contributed by atoms with E-state index in [1.54, 1.807) is 14.2 Å². The number of benzene rings is 3. The van der Waals surface area contributed by atoms with Gasteiger partial charge in [0.2, 0.25) is 0 Å². The van der Waals surface area contributed by atoms with Gasteiger partial charge in [0.05, 0.1) is 19.2 Å². The fraction of sp³-hybridized carbons (Fsp3) is 0.261. The molecule has 0 saturated carbocycles. The number of β-lactam (4-membered cyclic amide) rings is 1. The van der Waals surface area contributed by atoms with Crippen molar-refractivity contribution in [3.05, 3.63) is 77.9 Å². The molecule has 0 spiro atoms. The first-order chi connectivity index (χ1) is 13.2. The van der Waals surface area contributed by atoms with E-state index in [1.165, 1.54) is 10.8 Å². The Morgan fingerprint density at radius 3 is 2.33 bits per heavy atom. The van der Waals surface area contributed by atoms with Crippen molar-refractivity contribution in [1.82, 2.24) is 4.90 Å². The van der Waals surface area contributed by atoms with Crippen LogP contribution in [0.25, 0.3) is 10.8 Å². The average molecular weight is 361 g/mol. The number of hydrogen-bond acceptors (Lipinski definition) is 3. The van der Waals surface area contributed by atoms with Crippen LogP contribution in [-0.2, 0) is 9.53 Å². The monoisotopic (exact) mass is 361 g/mol. The highest BCUT2D eigenvalue weighted by molar-refractivity contribution is 5.91. The van der Waals surface area contributed by atoms with Crippen molar-refractivity contribution in [2.24, 2.45) is 0 Å². The maximum atomic E-state index is 12.8. The SMILES string of the molecule is COc1ccc([C@@H]2[C@H](OC)C(=O)N2[C@@H](C)c2cccc3ccccc23)cc1. The molecule has 0 bridgehead atoms. The average Bonchev–Trinajstić information content (AvgIpc) is 2.72. The molecule has 0 aromatic heterocycles. The number of amides is 1. The summed E-state index contributed by atoms with van der Waals surface area (Å²) in [6.45, 7) is 2.09. The normalized spacial score (nSPS) is 20.4. The van der Waals surface area contributed by atoms with Gasteiger partial charge in [-0.05, 0) is 41.0 Å². The first kappa shape index (κ1) is 17.6. The molecule has 27 heavy (non-hydrogen) atoms. The molecule has 0 radical (unpaired) electrons. The minimum atomic E-state index is -0.448. The van der Waals surface area contributed by atoms with E-state index >= 15 is 0 Å². The lowest BCUT2D eigenvalue weighted by Crippen LogP contribution is -2.60. The summed E-state index contributed by atoms with van der Waals surface area (Å²) >= 11 is 0. The molecule has 4 nitrogen and oxygen atoms in total. The largest absolute Gasteiger partial charge is 0.497 e. The van der Waals surface area contributed by atoms with Crippen molar-refractivity contribution in [2.75, 3.05) is 14.2 Å². The van der Waals surface area contributed by atoms with E-state index in [-0.39, 0.29) is 18.0 Å². The van der Waals surface area contributed by atoms with Gasteiger partial charge in [0.25, 0.3) is 5.91 Å². The maximum absolute atomic E-state index is 12.8. The second-order valence-corrected chi connectivity index (χ2v) is 6.86. The Labute approximate surface area is 159 Å². The van der Waals surface area contributed by atoms with Crippen LogP contribution in [0, 0.1) is 0 Å². The van der Waals surface area contributed by atoms with E-state index in [2.05, 4.69) is 37.3 Å². The molecular formula is C23H23NO3. The number of hydrogen-bond donors (Lipinski definition) is 0. The summed E-state index contributed by atoms with van der Waals surface area (Å²) in [6.07, 6.45) is -0.448. The third kappa shape index (κ3) is 2.86. The Hall–Kier alpha value is -2.85. The fourth-order valence-corrected chi connectivity index (χ4v) is 4.05. The van der Waals surface area contributed by atoms with E-state index < -0.39 is 6.10 Å². The molecule has 1 fully saturated rings. The van der Waals surface area contributed by atoms with Gasteiger partial charge in [-0.1, -0.05) is 54.6 Å². The van der Waals surface area contributed by atoms with Crippen LogP contribution in [0.2, 0.25) is 0 Å². The number of methoxy groups -OCH3 is 2. The van der Waals surface area contributed by atoms with Gasteiger partial charge in [-0.25, -0.2) is 0 Å². The number of likely N-dealkylation sites (tertiary alicyclic amines) is 1. The van der Waals surface area contributed by atoms with Crippen molar-refractivity contribution in [3.63, 3.8) is 0 Å². The summed E-state index contributed by atoms with van der Waals surface area (Å²) in [5, 5.41) is 2.36. The molecule has 3 atom stereocenters. The number of carbonyl (C=O) groups excluding carboxylic acids is 1. The number of carbonyl (C=O) groups is 1. The van der Waals surface area contributed by atoms with Gasteiger partial charge in [0, 0.05) is 7.11 Å². The third-order valence-electron chi connectivity index (χ3n) is 5.49. The molecule has 138 valence electrons. The molecule has 3 aromatic rings. The molecule has 1 heterocycles. The summed E-state index contributed by atoms with van der Waals surface area (Å²) in [5.74, 6) is 0.825. The van der Waals surface area contributed by atoms with Gasteiger partial charge in [-0.2, -0.15) is 0 Å². The molecule has 1 amide bonds. The van der Waals surface area contributed by atoms with E-state index in [1.807, 2.05) is 41.3 Å². The lowest BCUT2D eigenvalue weighted by atomic mass is 9.86. The van der Waals surface area contributed by atoms with Crippen LogP contribution in [0.4, 0.5) is 0 Å². The Morgan fingerprint density at radius 2 is 1.63 bits per heavy atom. The molecule has 1 aliphatic rings. The van der Waals surface area contributed by atoms with Crippen molar-refractivity contribution < 1.29 is 14.3 Å². The predicted molar refractivity (Wildman–Crippen MR) is 106 cm³/mol. The predicted octanol–water partition coefficient (Wildman–Crippen LogP) is 4.51. The van der Waals surface area contributed by atoms with E-state index in [9.17, 15) is 4.79 Å². The first-order valence-corrected chi connectivity index (χ1v) is 9.12. The van der Waals surface area contributed by atoms with Crippen molar-refractivity contribution in [3.8, 4) is 5.75 Å². The Kier molecular flexibility index (Phi) is 4.58. The van der Waals surface area contributed by atoms with Gasteiger partial charge >= 0.3 is 0 Å². The van der Waals surface area contributed by atoms with Crippen LogP contribution in [-0.4, -0.2) is 31.1 Å². The van der Waals surface area contributed by atoms with Gasteiger partial charge in [-0.3, -0.25) is 4.79 Å². The van der Waals surface area contributed by atoms with Gasteiger partial charge in [-0.15, -0.1) is 0 Å². The minimum Gasteiger partial charge on any atom is -0.497 e. The molecule has 3 aromatic carbocycles. The van der Waals surface area contributed by atoms with Crippen LogP contribution in [0.1, 0.15) is 30.1 Å². The highest BCUT2D eigenvalue weighted by Crippen LogP contribution is 2.44. The van der Waals surface area contributed by atoms with Crippen LogP contribution in [0.3, 0.4) is 0 Å². The summed E-state index contributed by atoms with van der Waals surface area (Å²) < 4.78 is 10.8. The molecule has 4 heteroatoms. The van der Waals surface area contributed by atoms with Crippen molar-refractivity contribution in [2.45, 2.75) is 25.1 Å². The van der Waals surface area contributed by atoms with Crippen LogP contribution < -0.4 is 4.74 Å². The summed E-state index contributed by atoms with van der Waals surface area (Å²) in [7, 11) is 3.24.